The highest BCUT2D eigenvalue weighted by molar-refractivity contribution is 5.95. The van der Waals surface area contributed by atoms with Crippen LogP contribution in [0.25, 0.3) is 0 Å². The standard InChI is InChI=1S/C23H43N7O5/c1-13(2)12-16(25)20(32)28-15(4)23(35)30-11-7-9-18(30)22(34)29-17(8-5-6-10-24)21(33)27-14(3)19(26)31/h13-18H,5-12,24-25H2,1-4H3,(H2,26,31)(H,27,33)(H,28,32)(H,29,34)/t14-,15-,16-,17-,18-/m0/s1. The van der Waals surface area contributed by atoms with E-state index in [-0.39, 0.29) is 11.8 Å². The summed E-state index contributed by atoms with van der Waals surface area (Å²) in [5, 5.41) is 7.86. The Morgan fingerprint density at radius 3 is 2.14 bits per heavy atom. The van der Waals surface area contributed by atoms with E-state index in [2.05, 4.69) is 16.0 Å². The molecule has 0 bridgehead atoms. The van der Waals surface area contributed by atoms with Crippen LogP contribution in [0.2, 0.25) is 0 Å². The predicted molar refractivity (Wildman–Crippen MR) is 131 cm³/mol. The van der Waals surface area contributed by atoms with Crippen molar-refractivity contribution in [3.8, 4) is 0 Å². The van der Waals surface area contributed by atoms with E-state index in [4.69, 9.17) is 17.2 Å². The molecular formula is C23H43N7O5. The monoisotopic (exact) mass is 497 g/mol. The molecule has 0 aromatic heterocycles. The molecule has 1 heterocycles. The van der Waals surface area contributed by atoms with E-state index in [0.717, 1.165) is 0 Å². The minimum atomic E-state index is -0.903. The Morgan fingerprint density at radius 2 is 1.57 bits per heavy atom. The summed E-state index contributed by atoms with van der Waals surface area (Å²) in [5.74, 6) is -2.27. The van der Waals surface area contributed by atoms with Gasteiger partial charge in [-0.05, 0) is 64.8 Å². The van der Waals surface area contributed by atoms with Gasteiger partial charge in [-0.25, -0.2) is 0 Å². The molecule has 1 rings (SSSR count). The van der Waals surface area contributed by atoms with Crippen molar-refractivity contribution in [2.45, 2.75) is 96.4 Å². The van der Waals surface area contributed by atoms with Crippen molar-refractivity contribution in [2.75, 3.05) is 13.1 Å². The second kappa shape index (κ2) is 14.6. The van der Waals surface area contributed by atoms with Crippen LogP contribution in [0.3, 0.4) is 0 Å². The van der Waals surface area contributed by atoms with Gasteiger partial charge in [-0.1, -0.05) is 13.8 Å². The summed E-state index contributed by atoms with van der Waals surface area (Å²) in [6.45, 7) is 7.72. The number of likely N-dealkylation sites (tertiary alicyclic amines) is 1. The molecule has 0 radical (unpaired) electrons. The molecule has 5 atom stereocenters. The number of nitrogens with two attached hydrogens (primary N) is 3. The zero-order chi connectivity index (χ0) is 26.7. The molecule has 0 aromatic rings. The van der Waals surface area contributed by atoms with Crippen LogP contribution in [-0.4, -0.2) is 77.7 Å². The Balaban J connectivity index is 2.84. The maximum absolute atomic E-state index is 13.1. The Labute approximate surface area is 207 Å². The van der Waals surface area contributed by atoms with Gasteiger partial charge in [0, 0.05) is 6.54 Å². The number of nitrogens with zero attached hydrogens (tertiary/aromatic N) is 1. The molecule has 35 heavy (non-hydrogen) atoms. The van der Waals surface area contributed by atoms with Gasteiger partial charge < -0.3 is 38.1 Å². The number of carbonyl (C=O) groups is 5. The highest BCUT2D eigenvalue weighted by atomic mass is 16.2. The summed E-state index contributed by atoms with van der Waals surface area (Å²) in [5.41, 5.74) is 16.7. The third-order valence-electron chi connectivity index (χ3n) is 6.00. The average molecular weight is 498 g/mol. The quantitative estimate of drug-likeness (QED) is 0.156. The van der Waals surface area contributed by atoms with Crippen LogP contribution in [0.1, 0.15) is 66.2 Å². The van der Waals surface area contributed by atoms with Crippen LogP contribution in [-0.2, 0) is 24.0 Å². The molecule has 200 valence electrons. The van der Waals surface area contributed by atoms with Gasteiger partial charge >= 0.3 is 0 Å². The lowest BCUT2D eigenvalue weighted by molar-refractivity contribution is -0.142. The van der Waals surface area contributed by atoms with Crippen LogP contribution in [0.5, 0.6) is 0 Å². The van der Waals surface area contributed by atoms with Crippen LogP contribution in [0.15, 0.2) is 0 Å². The summed E-state index contributed by atoms with van der Waals surface area (Å²) in [6.07, 6.45) is 3.10. The zero-order valence-electron chi connectivity index (χ0n) is 21.3. The van der Waals surface area contributed by atoms with Crippen LogP contribution >= 0.6 is 0 Å². The van der Waals surface area contributed by atoms with Crippen molar-refractivity contribution in [3.63, 3.8) is 0 Å². The molecule has 0 aromatic carbocycles. The first-order valence-corrected chi connectivity index (χ1v) is 12.4. The number of nitrogens with one attached hydrogen (secondary N) is 3. The summed E-state index contributed by atoms with van der Waals surface area (Å²) in [6, 6.07) is -4.15. The lowest BCUT2D eigenvalue weighted by Gasteiger charge is -2.29. The van der Waals surface area contributed by atoms with Gasteiger partial charge in [-0.15, -0.1) is 0 Å². The van der Waals surface area contributed by atoms with Crippen molar-refractivity contribution in [1.29, 1.82) is 0 Å². The highest BCUT2D eigenvalue weighted by Crippen LogP contribution is 2.19. The number of hydrogen-bond acceptors (Lipinski definition) is 7. The number of unbranched alkanes of at least 4 members (excludes halogenated alkanes) is 1. The molecular weight excluding hydrogens is 454 g/mol. The Morgan fingerprint density at radius 1 is 0.943 bits per heavy atom. The summed E-state index contributed by atoms with van der Waals surface area (Å²) >= 11 is 0. The van der Waals surface area contributed by atoms with E-state index in [9.17, 15) is 24.0 Å². The largest absolute Gasteiger partial charge is 0.368 e. The minimum Gasteiger partial charge on any atom is -0.368 e. The third kappa shape index (κ3) is 9.81. The maximum Gasteiger partial charge on any atom is 0.245 e. The van der Waals surface area contributed by atoms with E-state index >= 15 is 0 Å². The van der Waals surface area contributed by atoms with E-state index < -0.39 is 53.8 Å². The lowest BCUT2D eigenvalue weighted by Crippen LogP contribution is -2.57. The molecule has 1 fully saturated rings. The van der Waals surface area contributed by atoms with Crippen molar-refractivity contribution in [2.24, 2.45) is 23.1 Å². The second-order valence-corrected chi connectivity index (χ2v) is 9.63. The average Bonchev–Trinajstić information content (AvgIpc) is 3.27. The van der Waals surface area contributed by atoms with Gasteiger partial charge in [0.05, 0.1) is 6.04 Å². The van der Waals surface area contributed by atoms with Crippen LogP contribution in [0, 0.1) is 5.92 Å². The molecule has 1 saturated heterocycles. The topological polar surface area (TPSA) is 203 Å². The number of carbonyl (C=O) groups excluding carboxylic acids is 5. The summed E-state index contributed by atoms with van der Waals surface area (Å²) < 4.78 is 0. The fourth-order valence-corrected chi connectivity index (χ4v) is 3.96. The van der Waals surface area contributed by atoms with Crippen LogP contribution in [0.4, 0.5) is 0 Å². The molecule has 0 unspecified atom stereocenters. The first-order chi connectivity index (χ1) is 16.4. The maximum atomic E-state index is 13.1. The SMILES string of the molecule is CC(C)C[C@H](N)C(=O)N[C@@H](C)C(=O)N1CCC[C@H]1C(=O)N[C@@H](CCCCN)C(=O)N[C@@H](C)C(N)=O. The van der Waals surface area contributed by atoms with Gasteiger partial charge in [0.25, 0.3) is 0 Å². The van der Waals surface area contributed by atoms with E-state index in [0.29, 0.717) is 51.6 Å². The minimum absolute atomic E-state index is 0.231. The Bertz CT molecular complexity index is 761. The first kappa shape index (κ1) is 30.3. The number of primary amides is 1. The second-order valence-electron chi connectivity index (χ2n) is 9.63. The molecule has 1 aliphatic heterocycles. The molecule has 0 saturated carbocycles. The zero-order valence-corrected chi connectivity index (χ0v) is 21.3. The van der Waals surface area contributed by atoms with Crippen molar-refractivity contribution >= 4 is 29.5 Å². The van der Waals surface area contributed by atoms with E-state index in [1.807, 2.05) is 13.8 Å². The Kier molecular flexibility index (Phi) is 12.7. The van der Waals surface area contributed by atoms with Gasteiger partial charge in [0.2, 0.25) is 29.5 Å². The van der Waals surface area contributed by atoms with Gasteiger partial charge in [-0.3, -0.25) is 24.0 Å². The highest BCUT2D eigenvalue weighted by Gasteiger charge is 2.38. The smallest absolute Gasteiger partial charge is 0.245 e. The molecule has 0 spiro atoms. The molecule has 9 N–H and O–H groups in total. The summed E-state index contributed by atoms with van der Waals surface area (Å²) in [7, 11) is 0. The molecule has 12 heteroatoms. The number of amides is 5. The van der Waals surface area contributed by atoms with Gasteiger partial charge in [-0.2, -0.15) is 0 Å². The summed E-state index contributed by atoms with van der Waals surface area (Å²) in [4.78, 5) is 63.9. The van der Waals surface area contributed by atoms with Crippen LogP contribution < -0.4 is 33.2 Å². The third-order valence-corrected chi connectivity index (χ3v) is 6.00. The van der Waals surface area contributed by atoms with Gasteiger partial charge in [0.15, 0.2) is 0 Å². The van der Waals surface area contributed by atoms with Crippen molar-refractivity contribution in [1.82, 2.24) is 20.9 Å². The first-order valence-electron chi connectivity index (χ1n) is 12.4. The number of hydrogen-bond donors (Lipinski definition) is 6. The van der Waals surface area contributed by atoms with E-state index in [1.54, 1.807) is 6.92 Å². The van der Waals surface area contributed by atoms with Crippen molar-refractivity contribution < 1.29 is 24.0 Å². The van der Waals surface area contributed by atoms with Gasteiger partial charge in [0.1, 0.15) is 24.2 Å². The predicted octanol–water partition coefficient (Wildman–Crippen LogP) is -1.54. The van der Waals surface area contributed by atoms with E-state index in [1.165, 1.54) is 11.8 Å². The fourth-order valence-electron chi connectivity index (χ4n) is 3.96. The number of rotatable bonds is 14. The molecule has 1 aliphatic rings. The fraction of sp³-hybridized carbons (Fsp3) is 0.783. The molecule has 5 amide bonds. The Hall–Kier alpha value is -2.73. The molecule has 12 nitrogen and oxygen atoms in total. The molecule has 0 aliphatic carbocycles. The van der Waals surface area contributed by atoms with Crippen molar-refractivity contribution in [3.05, 3.63) is 0 Å². The lowest BCUT2D eigenvalue weighted by atomic mass is 10.0. The normalized spacial score (nSPS) is 18.9.